The molecule has 3 heteroatoms. The van der Waals surface area contributed by atoms with Crippen LogP contribution in [0.15, 0.2) is 12.1 Å². The normalized spacial score (nSPS) is 22.4. The highest BCUT2D eigenvalue weighted by atomic mass is 35.5. The van der Waals surface area contributed by atoms with Gasteiger partial charge in [-0.1, -0.05) is 26.0 Å². The summed E-state index contributed by atoms with van der Waals surface area (Å²) in [6, 6.07) is 5.00. The van der Waals surface area contributed by atoms with Crippen LogP contribution < -0.4 is 5.73 Å². The van der Waals surface area contributed by atoms with Crippen LogP contribution in [0.4, 0.5) is 0 Å². The Labute approximate surface area is 130 Å². The smallest absolute Gasteiger partial charge is 0.0236 e. The third-order valence-electron chi connectivity index (χ3n) is 4.74. The summed E-state index contributed by atoms with van der Waals surface area (Å²) in [5.74, 6) is 0. The van der Waals surface area contributed by atoms with Crippen LogP contribution in [0.1, 0.15) is 42.5 Å². The molecule has 1 heterocycles. The Morgan fingerprint density at radius 3 is 2.35 bits per heavy atom. The van der Waals surface area contributed by atoms with Crippen LogP contribution in [0.2, 0.25) is 0 Å². The topological polar surface area (TPSA) is 29.3 Å². The Kier molecular flexibility index (Phi) is 5.65. The van der Waals surface area contributed by atoms with Crippen molar-refractivity contribution in [1.82, 2.24) is 4.90 Å². The minimum Gasteiger partial charge on any atom is -0.327 e. The molecule has 2 nitrogen and oxygen atoms in total. The first-order valence-electron chi connectivity index (χ1n) is 7.34. The van der Waals surface area contributed by atoms with Crippen LogP contribution in [0.5, 0.6) is 0 Å². The molecule has 1 fully saturated rings. The third kappa shape index (κ3) is 3.75. The predicted molar refractivity (Wildman–Crippen MR) is 89.6 cm³/mol. The molecule has 1 atom stereocenters. The molecule has 2 rings (SSSR count). The van der Waals surface area contributed by atoms with Gasteiger partial charge in [-0.15, -0.1) is 12.4 Å². The van der Waals surface area contributed by atoms with Crippen molar-refractivity contribution in [2.45, 2.75) is 53.6 Å². The maximum absolute atomic E-state index is 6.22. The van der Waals surface area contributed by atoms with Gasteiger partial charge in [0.1, 0.15) is 0 Å². The first-order valence-corrected chi connectivity index (χ1v) is 7.34. The quantitative estimate of drug-likeness (QED) is 0.903. The summed E-state index contributed by atoms with van der Waals surface area (Å²) in [7, 11) is 0. The van der Waals surface area contributed by atoms with Crippen molar-refractivity contribution in [3.8, 4) is 0 Å². The number of hydrogen-bond acceptors (Lipinski definition) is 2. The largest absolute Gasteiger partial charge is 0.327 e. The number of likely N-dealkylation sites (tertiary alicyclic amines) is 1. The molecule has 1 aromatic carbocycles. The van der Waals surface area contributed by atoms with Gasteiger partial charge >= 0.3 is 0 Å². The van der Waals surface area contributed by atoms with Crippen molar-refractivity contribution in [2.24, 2.45) is 11.1 Å². The summed E-state index contributed by atoms with van der Waals surface area (Å²) in [4.78, 5) is 2.56. The van der Waals surface area contributed by atoms with Crippen molar-refractivity contribution in [1.29, 1.82) is 0 Å². The number of nitrogens with zero attached hydrogens (tertiary/aromatic N) is 1. The lowest BCUT2D eigenvalue weighted by Crippen LogP contribution is -2.52. The van der Waals surface area contributed by atoms with E-state index in [1.165, 1.54) is 22.3 Å². The fourth-order valence-electron chi connectivity index (χ4n) is 3.05. The van der Waals surface area contributed by atoms with Crippen LogP contribution in [0.3, 0.4) is 0 Å². The number of benzene rings is 1. The molecule has 1 saturated heterocycles. The maximum Gasteiger partial charge on any atom is 0.0236 e. The van der Waals surface area contributed by atoms with E-state index in [0.717, 1.165) is 26.1 Å². The summed E-state index contributed by atoms with van der Waals surface area (Å²) >= 11 is 0. The fraction of sp³-hybridized carbons (Fsp3) is 0.647. The molecule has 0 aliphatic carbocycles. The molecular weight excluding hydrogens is 268 g/mol. The second-order valence-corrected chi connectivity index (χ2v) is 6.96. The second kappa shape index (κ2) is 6.46. The van der Waals surface area contributed by atoms with Crippen molar-refractivity contribution in [3.63, 3.8) is 0 Å². The van der Waals surface area contributed by atoms with E-state index in [9.17, 15) is 0 Å². The number of piperidine rings is 1. The van der Waals surface area contributed by atoms with Gasteiger partial charge in [0.15, 0.2) is 0 Å². The van der Waals surface area contributed by atoms with Crippen LogP contribution in [0.25, 0.3) is 0 Å². The average Bonchev–Trinajstić information content (AvgIpc) is 2.30. The summed E-state index contributed by atoms with van der Waals surface area (Å²) in [5.41, 5.74) is 12.1. The Morgan fingerprint density at radius 1 is 1.15 bits per heavy atom. The zero-order valence-electron chi connectivity index (χ0n) is 13.5. The molecule has 0 saturated carbocycles. The zero-order chi connectivity index (χ0) is 14.2. The van der Waals surface area contributed by atoms with Gasteiger partial charge in [0.2, 0.25) is 0 Å². The first-order chi connectivity index (χ1) is 8.79. The van der Waals surface area contributed by atoms with Gasteiger partial charge in [-0.2, -0.15) is 0 Å². The van der Waals surface area contributed by atoms with Crippen molar-refractivity contribution >= 4 is 12.4 Å². The predicted octanol–water partition coefficient (Wildman–Crippen LogP) is 3.59. The highest BCUT2D eigenvalue weighted by Crippen LogP contribution is 2.29. The summed E-state index contributed by atoms with van der Waals surface area (Å²) in [6.07, 6.45) is 1.11. The molecule has 114 valence electrons. The average molecular weight is 297 g/mol. The number of rotatable bonds is 2. The summed E-state index contributed by atoms with van der Waals surface area (Å²) < 4.78 is 0. The molecule has 2 N–H and O–H groups in total. The number of aryl methyl sites for hydroxylation is 3. The van der Waals surface area contributed by atoms with Gasteiger partial charge in [0, 0.05) is 25.7 Å². The molecule has 0 spiro atoms. The second-order valence-electron chi connectivity index (χ2n) is 6.96. The molecule has 1 aliphatic rings. The summed E-state index contributed by atoms with van der Waals surface area (Å²) in [5, 5.41) is 0. The molecule has 0 bridgehead atoms. The van der Waals surface area contributed by atoms with E-state index in [1.54, 1.807) is 0 Å². The van der Waals surface area contributed by atoms with Gasteiger partial charge in [0.05, 0.1) is 0 Å². The van der Waals surface area contributed by atoms with E-state index in [0.29, 0.717) is 6.04 Å². The van der Waals surface area contributed by atoms with Gasteiger partial charge in [-0.25, -0.2) is 0 Å². The van der Waals surface area contributed by atoms with Crippen LogP contribution in [-0.2, 0) is 6.54 Å². The van der Waals surface area contributed by atoms with Crippen LogP contribution >= 0.6 is 12.4 Å². The molecule has 0 radical (unpaired) electrons. The maximum atomic E-state index is 6.22. The third-order valence-corrected chi connectivity index (χ3v) is 4.74. The standard InChI is InChI=1S/C17H28N2.ClH/c1-12-8-14(3)15(9-13(12)2)10-19-7-6-16(18)17(4,5)11-19;/h8-9,16H,6-7,10-11,18H2,1-5H3;1H. The van der Waals surface area contributed by atoms with E-state index in [4.69, 9.17) is 5.73 Å². The minimum atomic E-state index is 0. The Balaban J connectivity index is 0.00000200. The van der Waals surface area contributed by atoms with Crippen molar-refractivity contribution < 1.29 is 0 Å². The molecule has 20 heavy (non-hydrogen) atoms. The van der Waals surface area contributed by atoms with Crippen molar-refractivity contribution in [2.75, 3.05) is 13.1 Å². The van der Waals surface area contributed by atoms with Gasteiger partial charge in [-0.3, -0.25) is 4.90 Å². The zero-order valence-corrected chi connectivity index (χ0v) is 14.3. The van der Waals surface area contributed by atoms with Crippen LogP contribution in [0, 0.1) is 26.2 Å². The van der Waals surface area contributed by atoms with Gasteiger partial charge in [0.25, 0.3) is 0 Å². The van der Waals surface area contributed by atoms with Gasteiger partial charge < -0.3 is 5.73 Å². The number of hydrogen-bond donors (Lipinski definition) is 1. The lowest BCUT2D eigenvalue weighted by Gasteiger charge is -2.42. The lowest BCUT2D eigenvalue weighted by atomic mass is 9.79. The Hall–Kier alpha value is -0.570. The highest BCUT2D eigenvalue weighted by Gasteiger charge is 2.33. The van der Waals surface area contributed by atoms with Crippen LogP contribution in [-0.4, -0.2) is 24.0 Å². The van der Waals surface area contributed by atoms with E-state index in [1.807, 2.05) is 0 Å². The molecule has 1 unspecified atom stereocenters. The lowest BCUT2D eigenvalue weighted by molar-refractivity contribution is 0.0897. The molecule has 1 aromatic rings. The fourth-order valence-corrected chi connectivity index (χ4v) is 3.05. The van der Waals surface area contributed by atoms with E-state index >= 15 is 0 Å². The Bertz CT molecular complexity index is 468. The van der Waals surface area contributed by atoms with E-state index in [-0.39, 0.29) is 17.8 Å². The Morgan fingerprint density at radius 2 is 1.75 bits per heavy atom. The van der Waals surface area contributed by atoms with E-state index in [2.05, 4.69) is 51.7 Å². The first kappa shape index (κ1) is 17.5. The molecule has 0 aromatic heterocycles. The van der Waals surface area contributed by atoms with E-state index < -0.39 is 0 Å². The number of nitrogens with two attached hydrogens (primary N) is 1. The molecule has 1 aliphatic heterocycles. The highest BCUT2D eigenvalue weighted by molar-refractivity contribution is 5.85. The minimum absolute atomic E-state index is 0. The SMILES string of the molecule is Cc1cc(C)c(CN2CCC(N)C(C)(C)C2)cc1C.Cl. The number of halogens is 1. The molecular formula is C17H29ClN2. The molecule has 0 amide bonds. The van der Waals surface area contributed by atoms with Crippen molar-refractivity contribution in [3.05, 3.63) is 34.4 Å². The van der Waals surface area contributed by atoms with Gasteiger partial charge in [-0.05, 0) is 54.9 Å². The monoisotopic (exact) mass is 296 g/mol. The summed E-state index contributed by atoms with van der Waals surface area (Å²) in [6.45, 7) is 14.5.